The van der Waals surface area contributed by atoms with Gasteiger partial charge in [-0.25, -0.2) is 4.98 Å². The van der Waals surface area contributed by atoms with Crippen LogP contribution in [0.2, 0.25) is 0 Å². The zero-order chi connectivity index (χ0) is 9.68. The Balaban J connectivity index is 2.37. The van der Waals surface area contributed by atoms with Gasteiger partial charge in [-0.1, -0.05) is 0 Å². The maximum Gasteiger partial charge on any atom is 0.143 e. The lowest BCUT2D eigenvalue weighted by Gasteiger charge is -2.07. The van der Waals surface area contributed by atoms with Gasteiger partial charge in [0.2, 0.25) is 0 Å². The predicted molar refractivity (Wildman–Crippen MR) is 55.7 cm³/mol. The van der Waals surface area contributed by atoms with Crippen LogP contribution in [0.3, 0.4) is 0 Å². The quantitative estimate of drug-likeness (QED) is 0.722. The van der Waals surface area contributed by atoms with E-state index in [1.807, 2.05) is 14.1 Å². The van der Waals surface area contributed by atoms with E-state index in [0.29, 0.717) is 5.82 Å². The van der Waals surface area contributed by atoms with E-state index in [1.165, 1.54) is 0 Å². The van der Waals surface area contributed by atoms with E-state index in [1.54, 1.807) is 24.2 Å². The van der Waals surface area contributed by atoms with Gasteiger partial charge in [0.1, 0.15) is 10.8 Å². The van der Waals surface area contributed by atoms with Crippen LogP contribution in [0.25, 0.3) is 0 Å². The average molecular weight is 198 g/mol. The molecule has 0 bridgehead atoms. The van der Waals surface area contributed by atoms with Crippen LogP contribution >= 0.6 is 11.8 Å². The first-order valence-corrected chi connectivity index (χ1v) is 5.02. The summed E-state index contributed by atoms with van der Waals surface area (Å²) in [7, 11) is 4.09. The van der Waals surface area contributed by atoms with E-state index in [9.17, 15) is 0 Å². The lowest BCUT2D eigenvalue weighted by molar-refractivity contribution is 0.437. The van der Waals surface area contributed by atoms with Gasteiger partial charge in [-0.3, -0.25) is 4.98 Å². The van der Waals surface area contributed by atoms with Crippen LogP contribution in [0.4, 0.5) is 5.82 Å². The number of nitrogens with zero attached hydrogens (tertiary/aromatic N) is 3. The minimum Gasteiger partial charge on any atom is -0.382 e. The second-order valence-corrected chi connectivity index (χ2v) is 4.05. The van der Waals surface area contributed by atoms with Gasteiger partial charge < -0.3 is 10.6 Å². The Bertz CT molecular complexity index is 264. The molecule has 72 valence electrons. The van der Waals surface area contributed by atoms with Crippen molar-refractivity contribution in [2.75, 3.05) is 32.1 Å². The van der Waals surface area contributed by atoms with Crippen LogP contribution in [0.15, 0.2) is 17.4 Å². The third kappa shape index (κ3) is 4.10. The molecule has 1 aromatic heterocycles. The Labute approximate surface area is 82.6 Å². The summed E-state index contributed by atoms with van der Waals surface area (Å²) in [5, 5.41) is 0.891. The van der Waals surface area contributed by atoms with Crippen LogP contribution in [0.5, 0.6) is 0 Å². The summed E-state index contributed by atoms with van der Waals surface area (Å²) in [5.74, 6) is 1.49. The van der Waals surface area contributed by atoms with Crippen molar-refractivity contribution in [1.29, 1.82) is 0 Å². The molecule has 0 radical (unpaired) electrons. The topological polar surface area (TPSA) is 55.0 Å². The molecule has 0 aliphatic heterocycles. The van der Waals surface area contributed by atoms with Gasteiger partial charge in [0.15, 0.2) is 0 Å². The van der Waals surface area contributed by atoms with E-state index in [0.717, 1.165) is 17.3 Å². The zero-order valence-electron chi connectivity index (χ0n) is 7.90. The highest BCUT2D eigenvalue weighted by Crippen LogP contribution is 2.14. The summed E-state index contributed by atoms with van der Waals surface area (Å²) in [5.41, 5.74) is 5.49. The van der Waals surface area contributed by atoms with E-state index in [2.05, 4.69) is 14.9 Å². The normalized spacial score (nSPS) is 10.7. The van der Waals surface area contributed by atoms with E-state index >= 15 is 0 Å². The monoisotopic (exact) mass is 198 g/mol. The molecule has 0 saturated carbocycles. The van der Waals surface area contributed by atoms with Crippen molar-refractivity contribution in [3.05, 3.63) is 12.4 Å². The summed E-state index contributed by atoms with van der Waals surface area (Å²) in [6.45, 7) is 1.03. The smallest absolute Gasteiger partial charge is 0.143 e. The van der Waals surface area contributed by atoms with Crippen molar-refractivity contribution in [1.82, 2.24) is 14.9 Å². The highest BCUT2D eigenvalue weighted by molar-refractivity contribution is 7.99. The van der Waals surface area contributed by atoms with Crippen molar-refractivity contribution < 1.29 is 0 Å². The lowest BCUT2D eigenvalue weighted by atomic mass is 10.7. The van der Waals surface area contributed by atoms with Gasteiger partial charge in [0, 0.05) is 12.3 Å². The van der Waals surface area contributed by atoms with E-state index < -0.39 is 0 Å². The Morgan fingerprint density at radius 3 is 2.85 bits per heavy atom. The maximum absolute atomic E-state index is 5.49. The Hall–Kier alpha value is -0.810. The van der Waals surface area contributed by atoms with E-state index in [-0.39, 0.29) is 0 Å². The molecule has 2 N–H and O–H groups in total. The maximum atomic E-state index is 5.49. The molecule has 0 atom stereocenters. The first kappa shape index (κ1) is 10.3. The van der Waals surface area contributed by atoms with Crippen LogP contribution in [-0.4, -0.2) is 41.3 Å². The fourth-order valence-electron chi connectivity index (χ4n) is 0.765. The molecular formula is C8H14N4S. The Morgan fingerprint density at radius 2 is 2.23 bits per heavy atom. The van der Waals surface area contributed by atoms with Gasteiger partial charge in [0.25, 0.3) is 0 Å². The molecule has 0 aromatic carbocycles. The third-order valence-corrected chi connectivity index (χ3v) is 2.30. The summed E-state index contributed by atoms with van der Waals surface area (Å²) >= 11 is 1.67. The highest BCUT2D eigenvalue weighted by Gasteiger charge is 1.97. The fourth-order valence-corrected chi connectivity index (χ4v) is 1.74. The molecule has 0 aliphatic carbocycles. The van der Waals surface area contributed by atoms with Crippen LogP contribution in [0.1, 0.15) is 0 Å². The molecule has 5 heteroatoms. The predicted octanol–water partition coefficient (Wildman–Crippen LogP) is 0.713. The molecule has 1 rings (SSSR count). The molecule has 0 amide bonds. The Kier molecular flexibility index (Phi) is 3.98. The van der Waals surface area contributed by atoms with Crippen LogP contribution in [-0.2, 0) is 0 Å². The van der Waals surface area contributed by atoms with Gasteiger partial charge in [0.05, 0.1) is 12.4 Å². The van der Waals surface area contributed by atoms with Crippen molar-refractivity contribution in [2.45, 2.75) is 5.03 Å². The molecule has 1 heterocycles. The molecule has 1 aromatic rings. The summed E-state index contributed by atoms with van der Waals surface area (Å²) < 4.78 is 0. The molecule has 13 heavy (non-hydrogen) atoms. The van der Waals surface area contributed by atoms with Gasteiger partial charge in [-0.05, 0) is 14.1 Å². The number of thioether (sulfide) groups is 1. The summed E-state index contributed by atoms with van der Waals surface area (Å²) in [6.07, 6.45) is 3.28. The number of nitrogen functional groups attached to an aromatic ring is 1. The SMILES string of the molecule is CN(C)CCSc1cncc(N)n1. The third-order valence-electron chi connectivity index (χ3n) is 1.42. The second-order valence-electron chi connectivity index (χ2n) is 2.93. The van der Waals surface area contributed by atoms with Gasteiger partial charge in [-0.2, -0.15) is 0 Å². The summed E-state index contributed by atoms with van der Waals surface area (Å²) in [4.78, 5) is 10.2. The molecule has 4 nitrogen and oxygen atoms in total. The van der Waals surface area contributed by atoms with Crippen LogP contribution < -0.4 is 5.73 Å². The van der Waals surface area contributed by atoms with Crippen molar-refractivity contribution in [3.63, 3.8) is 0 Å². The molecular weight excluding hydrogens is 184 g/mol. The number of aromatic nitrogens is 2. The molecule has 0 aliphatic rings. The summed E-state index contributed by atoms with van der Waals surface area (Å²) in [6, 6.07) is 0. The highest BCUT2D eigenvalue weighted by atomic mass is 32.2. The van der Waals surface area contributed by atoms with Crippen molar-refractivity contribution in [3.8, 4) is 0 Å². The zero-order valence-corrected chi connectivity index (χ0v) is 8.71. The molecule has 0 fully saturated rings. The number of hydrogen-bond donors (Lipinski definition) is 1. The average Bonchev–Trinajstić information content (AvgIpc) is 2.03. The van der Waals surface area contributed by atoms with Gasteiger partial charge >= 0.3 is 0 Å². The van der Waals surface area contributed by atoms with Crippen molar-refractivity contribution >= 4 is 17.6 Å². The number of hydrogen-bond acceptors (Lipinski definition) is 5. The second kappa shape index (κ2) is 5.04. The first-order valence-electron chi connectivity index (χ1n) is 4.03. The van der Waals surface area contributed by atoms with Crippen LogP contribution in [0, 0.1) is 0 Å². The number of anilines is 1. The first-order chi connectivity index (χ1) is 6.18. The fraction of sp³-hybridized carbons (Fsp3) is 0.500. The minimum absolute atomic E-state index is 0.481. The standard InChI is InChI=1S/C8H14N4S/c1-12(2)3-4-13-8-6-10-5-7(9)11-8/h5-6H,3-4H2,1-2H3,(H2,9,11). The molecule has 0 unspecified atom stereocenters. The van der Waals surface area contributed by atoms with Crippen molar-refractivity contribution in [2.24, 2.45) is 0 Å². The minimum atomic E-state index is 0.481. The van der Waals surface area contributed by atoms with E-state index in [4.69, 9.17) is 5.73 Å². The van der Waals surface area contributed by atoms with Gasteiger partial charge in [-0.15, -0.1) is 11.8 Å². The lowest BCUT2D eigenvalue weighted by Crippen LogP contribution is -2.14. The number of nitrogens with two attached hydrogens (primary N) is 1. The number of rotatable bonds is 4. The molecule has 0 spiro atoms. The Morgan fingerprint density at radius 1 is 1.46 bits per heavy atom. The largest absolute Gasteiger partial charge is 0.382 e. The molecule has 0 saturated heterocycles.